The van der Waals surface area contributed by atoms with Crippen LogP contribution in [0.5, 0.6) is 0 Å². The van der Waals surface area contributed by atoms with Gasteiger partial charge < -0.3 is 9.05 Å². The van der Waals surface area contributed by atoms with Crippen LogP contribution in [0.4, 0.5) is 0 Å². The van der Waals surface area contributed by atoms with Crippen LogP contribution in [0.1, 0.15) is 23.9 Å². The van der Waals surface area contributed by atoms with Crippen LogP contribution in [-0.2, 0) is 13.1 Å². The first-order valence-corrected chi connectivity index (χ1v) is 6.82. The van der Waals surface area contributed by atoms with Crippen LogP contribution in [0.25, 0.3) is 0 Å². The standard InChI is InChI=1S/C13H19N5O2/c1-10-15-13(16-19-10)9-17(2)11-4-6-18(7-11)8-12-3-5-14-20-12/h3,5,11H,4,6-9H2,1-2H3/t11-/m1/s1. The molecule has 20 heavy (non-hydrogen) atoms. The molecule has 108 valence electrons. The highest BCUT2D eigenvalue weighted by Crippen LogP contribution is 2.18. The molecule has 0 aliphatic carbocycles. The van der Waals surface area contributed by atoms with Crippen LogP contribution >= 0.6 is 0 Å². The highest BCUT2D eigenvalue weighted by Gasteiger charge is 2.27. The zero-order valence-electron chi connectivity index (χ0n) is 11.8. The molecule has 0 unspecified atom stereocenters. The van der Waals surface area contributed by atoms with Crippen molar-refractivity contribution in [3.8, 4) is 0 Å². The molecule has 1 atom stereocenters. The first-order valence-electron chi connectivity index (χ1n) is 6.82. The average Bonchev–Trinajstić information content (AvgIpc) is 3.12. The van der Waals surface area contributed by atoms with E-state index in [-0.39, 0.29) is 0 Å². The molecule has 0 aromatic carbocycles. The number of likely N-dealkylation sites (tertiary alicyclic amines) is 1. The number of hydrogen-bond donors (Lipinski definition) is 0. The molecule has 3 heterocycles. The van der Waals surface area contributed by atoms with E-state index >= 15 is 0 Å². The largest absolute Gasteiger partial charge is 0.360 e. The summed E-state index contributed by atoms with van der Waals surface area (Å²) in [5, 5.41) is 7.68. The molecule has 7 heteroatoms. The Labute approximate surface area is 117 Å². The molecule has 0 radical (unpaired) electrons. The smallest absolute Gasteiger partial charge is 0.223 e. The fraction of sp³-hybridized carbons (Fsp3) is 0.615. The fourth-order valence-corrected chi connectivity index (χ4v) is 2.62. The lowest BCUT2D eigenvalue weighted by atomic mass is 10.2. The Kier molecular flexibility index (Phi) is 3.79. The SMILES string of the molecule is Cc1nc(CN(C)[C@@H]2CCN(Cc3ccno3)C2)no1. The Morgan fingerprint density at radius 2 is 2.35 bits per heavy atom. The number of hydrogen-bond acceptors (Lipinski definition) is 7. The molecule has 0 spiro atoms. The van der Waals surface area contributed by atoms with Gasteiger partial charge in [0.15, 0.2) is 11.6 Å². The van der Waals surface area contributed by atoms with Crippen LogP contribution in [0.3, 0.4) is 0 Å². The quantitative estimate of drug-likeness (QED) is 0.809. The van der Waals surface area contributed by atoms with Gasteiger partial charge >= 0.3 is 0 Å². The highest BCUT2D eigenvalue weighted by atomic mass is 16.5. The van der Waals surface area contributed by atoms with Gasteiger partial charge in [-0.15, -0.1) is 0 Å². The van der Waals surface area contributed by atoms with Gasteiger partial charge in [0.25, 0.3) is 0 Å². The van der Waals surface area contributed by atoms with E-state index < -0.39 is 0 Å². The third kappa shape index (κ3) is 3.05. The monoisotopic (exact) mass is 277 g/mol. The molecular formula is C13H19N5O2. The molecule has 0 bridgehead atoms. The summed E-state index contributed by atoms with van der Waals surface area (Å²) in [6.07, 6.45) is 2.83. The van der Waals surface area contributed by atoms with Crippen LogP contribution in [-0.4, -0.2) is 51.3 Å². The molecular weight excluding hydrogens is 258 g/mol. The van der Waals surface area contributed by atoms with Crippen LogP contribution in [0, 0.1) is 6.92 Å². The van der Waals surface area contributed by atoms with E-state index in [0.717, 1.165) is 44.2 Å². The zero-order valence-corrected chi connectivity index (χ0v) is 11.8. The van der Waals surface area contributed by atoms with Gasteiger partial charge in [-0.2, -0.15) is 4.98 Å². The molecule has 7 nitrogen and oxygen atoms in total. The number of nitrogens with zero attached hydrogens (tertiary/aromatic N) is 5. The van der Waals surface area contributed by atoms with Gasteiger partial charge in [-0.25, -0.2) is 0 Å². The van der Waals surface area contributed by atoms with Crippen molar-refractivity contribution in [3.63, 3.8) is 0 Å². The maximum atomic E-state index is 5.15. The average molecular weight is 277 g/mol. The minimum absolute atomic E-state index is 0.511. The van der Waals surface area contributed by atoms with Crippen LogP contribution in [0.2, 0.25) is 0 Å². The lowest BCUT2D eigenvalue weighted by Crippen LogP contribution is -2.34. The normalized spacial score (nSPS) is 20.1. The lowest BCUT2D eigenvalue weighted by Gasteiger charge is -2.23. The van der Waals surface area contributed by atoms with Gasteiger partial charge in [-0.3, -0.25) is 9.80 Å². The van der Waals surface area contributed by atoms with Crippen molar-refractivity contribution < 1.29 is 9.05 Å². The first kappa shape index (κ1) is 13.3. The van der Waals surface area contributed by atoms with Crippen molar-refractivity contribution in [3.05, 3.63) is 29.7 Å². The topological polar surface area (TPSA) is 71.4 Å². The summed E-state index contributed by atoms with van der Waals surface area (Å²) < 4.78 is 10.2. The van der Waals surface area contributed by atoms with Crippen molar-refractivity contribution in [2.45, 2.75) is 32.5 Å². The van der Waals surface area contributed by atoms with Gasteiger partial charge in [0.05, 0.1) is 19.3 Å². The Morgan fingerprint density at radius 3 is 3.05 bits per heavy atom. The van der Waals surface area contributed by atoms with Crippen molar-refractivity contribution in [2.75, 3.05) is 20.1 Å². The van der Waals surface area contributed by atoms with Crippen molar-refractivity contribution in [1.82, 2.24) is 25.1 Å². The molecule has 1 saturated heterocycles. The maximum absolute atomic E-state index is 5.15. The molecule has 3 rings (SSSR count). The molecule has 0 N–H and O–H groups in total. The van der Waals surface area contributed by atoms with E-state index in [1.807, 2.05) is 13.0 Å². The van der Waals surface area contributed by atoms with E-state index in [9.17, 15) is 0 Å². The summed E-state index contributed by atoms with van der Waals surface area (Å²) in [5.74, 6) is 2.28. The van der Waals surface area contributed by atoms with Gasteiger partial charge in [0.1, 0.15) is 0 Å². The maximum Gasteiger partial charge on any atom is 0.223 e. The molecule has 1 fully saturated rings. The Bertz CT molecular complexity index is 539. The van der Waals surface area contributed by atoms with E-state index in [1.165, 1.54) is 0 Å². The third-order valence-corrected chi connectivity index (χ3v) is 3.70. The van der Waals surface area contributed by atoms with Crippen LogP contribution in [0.15, 0.2) is 21.3 Å². The number of aromatic nitrogens is 3. The summed E-state index contributed by atoms with van der Waals surface area (Å²) in [7, 11) is 2.11. The minimum atomic E-state index is 0.511. The second-order valence-corrected chi connectivity index (χ2v) is 5.30. The number of likely N-dealkylation sites (N-methyl/N-ethyl adjacent to an activating group) is 1. The van der Waals surface area contributed by atoms with E-state index in [0.29, 0.717) is 11.9 Å². The highest BCUT2D eigenvalue weighted by molar-refractivity contribution is 4.95. The first-order chi connectivity index (χ1) is 9.70. The summed E-state index contributed by atoms with van der Waals surface area (Å²) in [4.78, 5) is 8.91. The second kappa shape index (κ2) is 5.72. The van der Waals surface area contributed by atoms with Gasteiger partial charge in [-0.1, -0.05) is 10.3 Å². The van der Waals surface area contributed by atoms with E-state index in [1.54, 1.807) is 6.20 Å². The van der Waals surface area contributed by atoms with Gasteiger partial charge in [0.2, 0.25) is 5.89 Å². The predicted octanol–water partition coefficient (Wildman–Crippen LogP) is 1.07. The van der Waals surface area contributed by atoms with Crippen molar-refractivity contribution in [2.24, 2.45) is 0 Å². The Morgan fingerprint density at radius 1 is 1.45 bits per heavy atom. The molecule has 1 aliphatic heterocycles. The molecule has 2 aromatic heterocycles. The molecule has 0 amide bonds. The van der Waals surface area contributed by atoms with Crippen molar-refractivity contribution >= 4 is 0 Å². The lowest BCUT2D eigenvalue weighted by molar-refractivity contribution is 0.208. The summed E-state index contributed by atoms with van der Waals surface area (Å²) in [6.45, 7) is 5.45. The number of rotatable bonds is 5. The summed E-state index contributed by atoms with van der Waals surface area (Å²) in [6, 6.07) is 2.43. The Balaban J connectivity index is 1.51. The predicted molar refractivity (Wildman–Crippen MR) is 70.7 cm³/mol. The minimum Gasteiger partial charge on any atom is -0.360 e. The third-order valence-electron chi connectivity index (χ3n) is 3.70. The van der Waals surface area contributed by atoms with Gasteiger partial charge in [0, 0.05) is 32.1 Å². The van der Waals surface area contributed by atoms with Crippen molar-refractivity contribution in [1.29, 1.82) is 0 Å². The van der Waals surface area contributed by atoms with Gasteiger partial charge in [-0.05, 0) is 13.5 Å². The molecule has 2 aromatic rings. The van der Waals surface area contributed by atoms with E-state index in [4.69, 9.17) is 9.05 Å². The number of aryl methyl sites for hydroxylation is 1. The Hall–Kier alpha value is -1.73. The summed E-state index contributed by atoms with van der Waals surface area (Å²) >= 11 is 0. The fourth-order valence-electron chi connectivity index (χ4n) is 2.62. The zero-order chi connectivity index (χ0) is 13.9. The van der Waals surface area contributed by atoms with E-state index in [2.05, 4.69) is 32.1 Å². The summed E-state index contributed by atoms with van der Waals surface area (Å²) in [5.41, 5.74) is 0. The molecule has 1 aliphatic rings. The van der Waals surface area contributed by atoms with Crippen LogP contribution < -0.4 is 0 Å². The molecule has 0 saturated carbocycles. The second-order valence-electron chi connectivity index (χ2n) is 5.30.